The Hall–Kier alpha value is -1.57. The number of hydrogen-bond donors (Lipinski definition) is 0. The van der Waals surface area contributed by atoms with Gasteiger partial charge in [0.25, 0.3) is 0 Å². The Bertz CT molecular complexity index is 508. The molecule has 0 N–H and O–H groups in total. The maximum atomic E-state index is 11.2. The number of rotatable bonds is 1. The summed E-state index contributed by atoms with van der Waals surface area (Å²) in [6.45, 7) is 3.66. The topological polar surface area (TPSA) is 22.0 Å². The highest BCUT2D eigenvalue weighted by atomic mass is 16.1. The molecular formula is C12H13NO. The van der Waals surface area contributed by atoms with Gasteiger partial charge < -0.3 is 4.57 Å². The number of aryl methyl sites for hydroxylation is 2. The molecule has 72 valence electrons. The fourth-order valence-electron chi connectivity index (χ4n) is 1.69. The Balaban J connectivity index is 2.76. The number of fused-ring (bicyclic) bond motifs is 1. The van der Waals surface area contributed by atoms with Crippen molar-refractivity contribution in [3.05, 3.63) is 35.5 Å². The van der Waals surface area contributed by atoms with Crippen molar-refractivity contribution in [2.45, 2.75) is 13.8 Å². The first-order valence-electron chi connectivity index (χ1n) is 4.66. The molecule has 0 unspecified atom stereocenters. The van der Waals surface area contributed by atoms with Crippen LogP contribution in [0.2, 0.25) is 0 Å². The number of benzene rings is 1. The fraction of sp³-hybridized carbons (Fsp3) is 0.250. The molecule has 2 aromatic rings. The maximum Gasteiger partial charge on any atom is 0.159 e. The largest absolute Gasteiger partial charge is 0.348 e. The zero-order chi connectivity index (χ0) is 10.3. The predicted molar refractivity (Wildman–Crippen MR) is 57.7 cm³/mol. The molecule has 14 heavy (non-hydrogen) atoms. The van der Waals surface area contributed by atoms with Crippen LogP contribution in [-0.4, -0.2) is 10.4 Å². The van der Waals surface area contributed by atoms with E-state index in [9.17, 15) is 4.79 Å². The lowest BCUT2D eigenvalue weighted by Crippen LogP contribution is -1.94. The number of ketones is 1. The first kappa shape index (κ1) is 9.00. The first-order chi connectivity index (χ1) is 6.59. The van der Waals surface area contributed by atoms with Crippen molar-refractivity contribution in [2.75, 3.05) is 0 Å². The monoisotopic (exact) mass is 187 g/mol. The third-order valence-electron chi connectivity index (χ3n) is 2.69. The van der Waals surface area contributed by atoms with Gasteiger partial charge in [0.2, 0.25) is 0 Å². The summed E-state index contributed by atoms with van der Waals surface area (Å²) in [7, 11) is 2.02. The van der Waals surface area contributed by atoms with Crippen molar-refractivity contribution in [1.82, 2.24) is 4.57 Å². The van der Waals surface area contributed by atoms with Gasteiger partial charge in [-0.05, 0) is 31.4 Å². The number of carbonyl (C=O) groups is 1. The van der Waals surface area contributed by atoms with Gasteiger partial charge in [-0.2, -0.15) is 0 Å². The summed E-state index contributed by atoms with van der Waals surface area (Å²) in [5.74, 6) is 0.116. The summed E-state index contributed by atoms with van der Waals surface area (Å²) in [4.78, 5) is 11.2. The van der Waals surface area contributed by atoms with E-state index in [0.29, 0.717) is 0 Å². The lowest BCUT2D eigenvalue weighted by Gasteiger charge is -2.00. The molecule has 2 rings (SSSR count). The molecular weight excluding hydrogens is 174 g/mol. The average molecular weight is 187 g/mol. The first-order valence-corrected chi connectivity index (χ1v) is 4.66. The third-order valence-corrected chi connectivity index (χ3v) is 2.69. The Kier molecular flexibility index (Phi) is 1.92. The van der Waals surface area contributed by atoms with E-state index in [0.717, 1.165) is 11.1 Å². The van der Waals surface area contributed by atoms with Crippen LogP contribution >= 0.6 is 0 Å². The van der Waals surface area contributed by atoms with E-state index in [2.05, 4.69) is 17.6 Å². The molecule has 0 aliphatic heterocycles. The van der Waals surface area contributed by atoms with Crippen molar-refractivity contribution < 1.29 is 4.79 Å². The quantitative estimate of drug-likeness (QED) is 0.629. The second kappa shape index (κ2) is 2.98. The number of aromatic nitrogens is 1. The van der Waals surface area contributed by atoms with E-state index in [1.807, 2.05) is 25.2 Å². The normalized spacial score (nSPS) is 10.8. The van der Waals surface area contributed by atoms with Crippen molar-refractivity contribution in [3.8, 4) is 0 Å². The maximum absolute atomic E-state index is 11.2. The molecule has 0 bridgehead atoms. The van der Waals surface area contributed by atoms with Crippen LogP contribution in [0.4, 0.5) is 0 Å². The van der Waals surface area contributed by atoms with Crippen LogP contribution in [0.25, 0.3) is 10.9 Å². The molecule has 1 heterocycles. The van der Waals surface area contributed by atoms with Crippen molar-refractivity contribution in [1.29, 1.82) is 0 Å². The Morgan fingerprint density at radius 1 is 1.29 bits per heavy atom. The molecule has 0 saturated carbocycles. The van der Waals surface area contributed by atoms with Crippen molar-refractivity contribution in [2.24, 2.45) is 7.05 Å². The van der Waals surface area contributed by atoms with E-state index < -0.39 is 0 Å². The SMILES string of the molecule is CC(=O)c1ccc2cc(C)n(C)c2c1. The standard InChI is InChI=1S/C12H13NO/c1-8-6-11-5-4-10(9(2)14)7-12(11)13(8)3/h4-7H,1-3H3. The molecule has 0 aliphatic rings. The van der Waals surface area contributed by atoms with Gasteiger partial charge in [0.15, 0.2) is 5.78 Å². The minimum atomic E-state index is 0.116. The smallest absolute Gasteiger partial charge is 0.159 e. The molecule has 0 radical (unpaired) electrons. The van der Waals surface area contributed by atoms with Gasteiger partial charge in [-0.15, -0.1) is 0 Å². The van der Waals surface area contributed by atoms with Gasteiger partial charge in [-0.25, -0.2) is 0 Å². The minimum absolute atomic E-state index is 0.116. The zero-order valence-corrected chi connectivity index (χ0v) is 8.66. The van der Waals surface area contributed by atoms with E-state index >= 15 is 0 Å². The molecule has 1 aromatic carbocycles. The van der Waals surface area contributed by atoms with Crippen LogP contribution in [0, 0.1) is 6.92 Å². The van der Waals surface area contributed by atoms with Gasteiger partial charge >= 0.3 is 0 Å². The van der Waals surface area contributed by atoms with Crippen LogP contribution in [0.15, 0.2) is 24.3 Å². The Morgan fingerprint density at radius 2 is 2.00 bits per heavy atom. The Labute approximate surface area is 83.2 Å². The van der Waals surface area contributed by atoms with Gasteiger partial charge in [-0.3, -0.25) is 4.79 Å². The van der Waals surface area contributed by atoms with Crippen molar-refractivity contribution >= 4 is 16.7 Å². The fourth-order valence-corrected chi connectivity index (χ4v) is 1.69. The van der Waals surface area contributed by atoms with Crippen LogP contribution in [0.3, 0.4) is 0 Å². The predicted octanol–water partition coefficient (Wildman–Crippen LogP) is 2.69. The van der Waals surface area contributed by atoms with E-state index in [1.165, 1.54) is 11.1 Å². The molecule has 0 aliphatic carbocycles. The van der Waals surface area contributed by atoms with Crippen molar-refractivity contribution in [3.63, 3.8) is 0 Å². The highest BCUT2D eigenvalue weighted by Gasteiger charge is 2.05. The highest BCUT2D eigenvalue weighted by molar-refractivity contribution is 5.98. The molecule has 2 nitrogen and oxygen atoms in total. The zero-order valence-electron chi connectivity index (χ0n) is 8.66. The third kappa shape index (κ3) is 1.23. The summed E-state index contributed by atoms with van der Waals surface area (Å²) in [6.07, 6.45) is 0. The average Bonchev–Trinajstić information content (AvgIpc) is 2.43. The van der Waals surface area contributed by atoms with Crippen LogP contribution < -0.4 is 0 Å². The number of hydrogen-bond acceptors (Lipinski definition) is 1. The Morgan fingerprint density at radius 3 is 2.64 bits per heavy atom. The second-order valence-corrected chi connectivity index (χ2v) is 3.67. The van der Waals surface area contributed by atoms with Crippen LogP contribution in [0.1, 0.15) is 23.0 Å². The van der Waals surface area contributed by atoms with Gasteiger partial charge in [-0.1, -0.05) is 12.1 Å². The van der Waals surface area contributed by atoms with Gasteiger partial charge in [0.05, 0.1) is 0 Å². The molecule has 1 aromatic heterocycles. The molecule has 0 saturated heterocycles. The molecule has 0 atom stereocenters. The highest BCUT2D eigenvalue weighted by Crippen LogP contribution is 2.19. The number of Topliss-reactive ketones (excluding diaryl/α,β-unsaturated/α-hetero) is 1. The second-order valence-electron chi connectivity index (χ2n) is 3.67. The van der Waals surface area contributed by atoms with E-state index in [1.54, 1.807) is 6.92 Å². The van der Waals surface area contributed by atoms with Crippen LogP contribution in [-0.2, 0) is 7.05 Å². The van der Waals surface area contributed by atoms with Crippen LogP contribution in [0.5, 0.6) is 0 Å². The number of nitrogens with zero attached hydrogens (tertiary/aromatic N) is 1. The van der Waals surface area contributed by atoms with E-state index in [-0.39, 0.29) is 5.78 Å². The molecule has 2 heteroatoms. The summed E-state index contributed by atoms with van der Waals surface area (Å²) >= 11 is 0. The molecule has 0 spiro atoms. The molecule has 0 amide bonds. The van der Waals surface area contributed by atoms with Gasteiger partial charge in [0, 0.05) is 23.8 Å². The summed E-state index contributed by atoms with van der Waals surface area (Å²) in [6, 6.07) is 7.95. The number of carbonyl (C=O) groups excluding carboxylic acids is 1. The summed E-state index contributed by atoms with van der Waals surface area (Å²) < 4.78 is 2.10. The minimum Gasteiger partial charge on any atom is -0.348 e. The molecule has 0 fully saturated rings. The van der Waals surface area contributed by atoms with Gasteiger partial charge in [0.1, 0.15) is 0 Å². The lowest BCUT2D eigenvalue weighted by atomic mass is 10.1. The van der Waals surface area contributed by atoms with E-state index in [4.69, 9.17) is 0 Å². The lowest BCUT2D eigenvalue weighted by molar-refractivity contribution is 0.101. The summed E-state index contributed by atoms with van der Waals surface area (Å²) in [5, 5.41) is 1.19. The summed E-state index contributed by atoms with van der Waals surface area (Å²) in [5.41, 5.74) is 3.11.